The molecule has 1 aliphatic heterocycles. The van der Waals surface area contributed by atoms with Gasteiger partial charge in [-0.25, -0.2) is 14.4 Å². The molecule has 1 N–H and O–H groups in total. The average molecular weight is 436 g/mol. The lowest BCUT2D eigenvalue weighted by atomic mass is 10.2. The van der Waals surface area contributed by atoms with Crippen molar-refractivity contribution >= 4 is 34.4 Å². The number of aryl methyl sites for hydroxylation is 2. The summed E-state index contributed by atoms with van der Waals surface area (Å²) in [5.41, 5.74) is 3.75. The Bertz CT molecular complexity index is 1260. The molecule has 3 heterocycles. The van der Waals surface area contributed by atoms with Crippen LogP contribution in [-0.4, -0.2) is 31.3 Å². The van der Waals surface area contributed by atoms with Crippen molar-refractivity contribution in [1.82, 2.24) is 19.1 Å². The van der Waals surface area contributed by atoms with Crippen LogP contribution in [0.25, 0.3) is 16.7 Å². The van der Waals surface area contributed by atoms with Crippen LogP contribution in [0.4, 0.5) is 10.1 Å². The topological polar surface area (TPSA) is 64.7 Å². The lowest BCUT2D eigenvalue weighted by molar-refractivity contribution is 0.102. The molecule has 158 valence electrons. The molecule has 0 radical (unpaired) electrons. The van der Waals surface area contributed by atoms with E-state index >= 15 is 0 Å². The van der Waals surface area contributed by atoms with Gasteiger partial charge >= 0.3 is 0 Å². The average Bonchev–Trinajstić information content (AvgIpc) is 3.27. The van der Waals surface area contributed by atoms with E-state index in [1.165, 1.54) is 36.7 Å². The van der Waals surface area contributed by atoms with Gasteiger partial charge in [-0.3, -0.25) is 9.36 Å². The summed E-state index contributed by atoms with van der Waals surface area (Å²) in [6.45, 7) is 0.992. The van der Waals surface area contributed by atoms with Crippen molar-refractivity contribution in [1.29, 1.82) is 0 Å². The highest BCUT2D eigenvalue weighted by atomic mass is 32.2. The predicted octanol–water partition coefficient (Wildman–Crippen LogP) is 5.06. The number of anilines is 1. The van der Waals surface area contributed by atoms with Crippen LogP contribution in [0.1, 0.15) is 35.6 Å². The first-order chi connectivity index (χ1) is 15.1. The van der Waals surface area contributed by atoms with Crippen LogP contribution in [0.15, 0.2) is 53.8 Å². The molecule has 2 aromatic heterocycles. The van der Waals surface area contributed by atoms with E-state index in [4.69, 9.17) is 4.98 Å². The van der Waals surface area contributed by atoms with Crippen molar-refractivity contribution in [2.24, 2.45) is 0 Å². The fourth-order valence-electron chi connectivity index (χ4n) is 4.10. The Balaban J connectivity index is 1.46. The minimum Gasteiger partial charge on any atom is -0.328 e. The summed E-state index contributed by atoms with van der Waals surface area (Å²) in [5.74, 6) is 0.513. The summed E-state index contributed by atoms with van der Waals surface area (Å²) in [6, 6.07) is 11.9. The zero-order valence-electron chi connectivity index (χ0n) is 17.1. The van der Waals surface area contributed by atoms with Crippen molar-refractivity contribution in [3.63, 3.8) is 0 Å². The quantitative estimate of drug-likeness (QED) is 0.455. The molecule has 2 aromatic carbocycles. The van der Waals surface area contributed by atoms with Gasteiger partial charge in [-0.1, -0.05) is 18.2 Å². The highest BCUT2D eigenvalue weighted by Gasteiger charge is 2.19. The van der Waals surface area contributed by atoms with Crippen molar-refractivity contribution < 1.29 is 9.18 Å². The first kappa shape index (κ1) is 19.8. The lowest BCUT2D eigenvalue weighted by Gasteiger charge is -2.11. The van der Waals surface area contributed by atoms with Crippen LogP contribution >= 0.6 is 11.8 Å². The SMILES string of the molecule is CSc1ncc(C(=O)Nc2ccc3c(c2)nc2n3CCCCC2)n1-c1ccc(F)cc1. The number of thioether (sulfide) groups is 1. The number of imidazole rings is 2. The van der Waals surface area contributed by atoms with Crippen molar-refractivity contribution in [2.75, 3.05) is 11.6 Å². The number of nitrogens with zero attached hydrogens (tertiary/aromatic N) is 4. The molecule has 0 bridgehead atoms. The molecule has 0 spiro atoms. The number of carbonyl (C=O) groups excluding carboxylic acids is 1. The Kier molecular flexibility index (Phi) is 5.23. The minimum absolute atomic E-state index is 0.280. The maximum absolute atomic E-state index is 13.4. The number of fused-ring (bicyclic) bond motifs is 3. The first-order valence-electron chi connectivity index (χ1n) is 10.3. The van der Waals surface area contributed by atoms with Crippen LogP contribution < -0.4 is 5.32 Å². The molecule has 8 heteroatoms. The van der Waals surface area contributed by atoms with Crippen LogP contribution in [0.5, 0.6) is 0 Å². The van der Waals surface area contributed by atoms with E-state index in [0.717, 1.165) is 36.2 Å². The van der Waals surface area contributed by atoms with Crippen LogP contribution in [0.2, 0.25) is 0 Å². The summed E-state index contributed by atoms with van der Waals surface area (Å²) in [6.07, 6.45) is 7.99. The van der Waals surface area contributed by atoms with E-state index in [-0.39, 0.29) is 11.7 Å². The third-order valence-electron chi connectivity index (χ3n) is 5.60. The van der Waals surface area contributed by atoms with E-state index < -0.39 is 0 Å². The van der Waals surface area contributed by atoms with Gasteiger partial charge in [0, 0.05) is 24.3 Å². The Labute approximate surface area is 183 Å². The Hall–Kier alpha value is -3.13. The molecule has 5 rings (SSSR count). The Morgan fingerprint density at radius 2 is 1.97 bits per heavy atom. The van der Waals surface area contributed by atoms with E-state index in [0.29, 0.717) is 22.2 Å². The predicted molar refractivity (Wildman–Crippen MR) is 121 cm³/mol. The normalized spacial score (nSPS) is 13.7. The Morgan fingerprint density at radius 3 is 2.77 bits per heavy atom. The molecule has 1 aliphatic rings. The maximum Gasteiger partial charge on any atom is 0.274 e. The second-order valence-electron chi connectivity index (χ2n) is 7.59. The third kappa shape index (κ3) is 3.72. The first-order valence-corrected chi connectivity index (χ1v) is 11.5. The van der Waals surface area contributed by atoms with E-state index in [2.05, 4.69) is 14.9 Å². The van der Waals surface area contributed by atoms with Gasteiger partial charge in [-0.05, 0) is 61.6 Å². The highest BCUT2D eigenvalue weighted by Crippen LogP contribution is 2.26. The van der Waals surface area contributed by atoms with Crippen molar-refractivity contribution in [3.05, 3.63) is 66.0 Å². The molecular formula is C23H22FN5OS. The lowest BCUT2D eigenvalue weighted by Crippen LogP contribution is -2.16. The molecule has 31 heavy (non-hydrogen) atoms. The summed E-state index contributed by atoms with van der Waals surface area (Å²) in [7, 11) is 0. The number of hydrogen-bond acceptors (Lipinski definition) is 4. The summed E-state index contributed by atoms with van der Waals surface area (Å²) >= 11 is 1.42. The molecule has 0 saturated carbocycles. The third-order valence-corrected chi connectivity index (χ3v) is 6.25. The van der Waals surface area contributed by atoms with Crippen LogP contribution in [-0.2, 0) is 13.0 Å². The number of benzene rings is 2. The second-order valence-corrected chi connectivity index (χ2v) is 8.36. The summed E-state index contributed by atoms with van der Waals surface area (Å²) < 4.78 is 17.4. The standard InChI is InChI=1S/C23H22FN5OS/c1-31-23-25-14-20(29(23)17-9-6-15(24)7-10-17)22(30)26-16-8-11-19-18(13-16)27-21-5-3-2-4-12-28(19)21/h6-11,13-14H,2-5,12H2,1H3,(H,26,30). The fourth-order valence-corrected chi connectivity index (χ4v) is 4.65. The van der Waals surface area contributed by atoms with Gasteiger partial charge in [-0.2, -0.15) is 0 Å². The van der Waals surface area contributed by atoms with Crippen molar-refractivity contribution in [3.8, 4) is 5.69 Å². The number of aromatic nitrogens is 4. The zero-order chi connectivity index (χ0) is 21.4. The van der Waals surface area contributed by atoms with Crippen LogP contribution in [0, 0.1) is 5.82 Å². The van der Waals surface area contributed by atoms with E-state index in [9.17, 15) is 9.18 Å². The van der Waals surface area contributed by atoms with Gasteiger partial charge < -0.3 is 9.88 Å². The molecular weight excluding hydrogens is 413 g/mol. The van der Waals surface area contributed by atoms with Gasteiger partial charge in [0.1, 0.15) is 17.3 Å². The largest absolute Gasteiger partial charge is 0.328 e. The number of nitrogens with one attached hydrogen (secondary N) is 1. The monoisotopic (exact) mass is 435 g/mol. The minimum atomic E-state index is -0.327. The van der Waals surface area contributed by atoms with Gasteiger partial charge in [0.15, 0.2) is 5.16 Å². The van der Waals surface area contributed by atoms with E-state index in [1.54, 1.807) is 22.9 Å². The van der Waals surface area contributed by atoms with Crippen molar-refractivity contribution in [2.45, 2.75) is 37.4 Å². The van der Waals surface area contributed by atoms with Gasteiger partial charge in [0.2, 0.25) is 0 Å². The number of hydrogen-bond donors (Lipinski definition) is 1. The number of carbonyl (C=O) groups is 1. The second kappa shape index (κ2) is 8.19. The number of halogens is 1. The molecule has 0 atom stereocenters. The fraction of sp³-hybridized carbons (Fsp3) is 0.261. The molecule has 6 nitrogen and oxygen atoms in total. The number of rotatable bonds is 4. The van der Waals surface area contributed by atoms with Crippen LogP contribution in [0.3, 0.4) is 0 Å². The molecule has 0 unspecified atom stereocenters. The zero-order valence-corrected chi connectivity index (χ0v) is 18.0. The summed E-state index contributed by atoms with van der Waals surface area (Å²) in [4.78, 5) is 22.3. The van der Waals surface area contributed by atoms with Gasteiger partial charge in [0.25, 0.3) is 5.91 Å². The number of amides is 1. The maximum atomic E-state index is 13.4. The molecule has 4 aromatic rings. The molecule has 0 saturated heterocycles. The highest BCUT2D eigenvalue weighted by molar-refractivity contribution is 7.98. The van der Waals surface area contributed by atoms with Gasteiger partial charge in [-0.15, -0.1) is 0 Å². The summed E-state index contributed by atoms with van der Waals surface area (Å²) in [5, 5.41) is 3.63. The van der Waals surface area contributed by atoms with E-state index in [1.807, 2.05) is 24.5 Å². The molecule has 0 aliphatic carbocycles. The smallest absolute Gasteiger partial charge is 0.274 e. The Morgan fingerprint density at radius 1 is 1.13 bits per heavy atom. The molecule has 0 fully saturated rings. The van der Waals surface area contributed by atoms with Gasteiger partial charge in [0.05, 0.1) is 17.2 Å². The molecule has 1 amide bonds.